The molecule has 1 fully saturated rings. The highest BCUT2D eigenvalue weighted by Crippen LogP contribution is 2.32. The first-order chi connectivity index (χ1) is 24.8. The van der Waals surface area contributed by atoms with Gasteiger partial charge in [-0.05, 0) is 57.7 Å². The average Bonchev–Trinajstić information content (AvgIpc) is 3.49. The third-order valence-corrected chi connectivity index (χ3v) is 10.5. The molecule has 22 heteroatoms. The molecule has 5 atom stereocenters. The largest absolute Gasteiger partial charge is 0.755 e. The standard InChI is InChI=1S/C31H39Cl4N5O11S2/c1-4-49-28(42)24(12-11-19-9-7-6-8-10-19)40(30(44)51-17-31(33,34)35)18(3)27(41)39-16-20(13-25(39)29(43)50-5-2)38-53(47,48)26-15-23(37-52(45)46)22(36)14-21(26)32/h6-10,14-15,18,20,24-25,37-38H,4-5,11-13,16-17,36H2,1-3H3,(H,45,46)/p-1/t18-,20-,24-,25?/m0/s1. The predicted molar refractivity (Wildman–Crippen MR) is 197 cm³/mol. The van der Waals surface area contributed by atoms with Crippen LogP contribution in [0.5, 0.6) is 0 Å². The second-order valence-corrected chi connectivity index (χ2v) is 16.8. The van der Waals surface area contributed by atoms with Crippen LogP contribution in [0.4, 0.5) is 16.2 Å². The number of nitrogens with one attached hydrogen (secondary N) is 2. The number of amides is 2. The topological polar surface area (TPSA) is 227 Å². The Morgan fingerprint density at radius 2 is 1.74 bits per heavy atom. The minimum atomic E-state index is -4.55. The molecule has 3 rings (SSSR count). The number of nitrogen functional groups attached to an aromatic ring is 1. The van der Waals surface area contributed by atoms with Gasteiger partial charge in [-0.2, -0.15) is 0 Å². The first-order valence-electron chi connectivity index (χ1n) is 16.0. The number of rotatable bonds is 16. The molecular weight excluding hydrogens is 824 g/mol. The predicted octanol–water partition coefficient (Wildman–Crippen LogP) is 3.70. The molecule has 1 aliphatic rings. The molecule has 2 aromatic carbocycles. The molecule has 294 valence electrons. The number of aryl methyl sites for hydroxylation is 1. The maximum Gasteiger partial charge on any atom is 0.411 e. The van der Waals surface area contributed by atoms with Gasteiger partial charge in [-0.3, -0.25) is 13.9 Å². The van der Waals surface area contributed by atoms with Crippen molar-refractivity contribution in [2.45, 2.75) is 72.9 Å². The molecule has 0 spiro atoms. The molecule has 0 saturated carbocycles. The van der Waals surface area contributed by atoms with E-state index in [1.165, 1.54) is 13.8 Å². The number of likely N-dealkylation sites (tertiary alicyclic amines) is 1. The smallest absolute Gasteiger partial charge is 0.411 e. The third kappa shape index (κ3) is 12.5. The summed E-state index contributed by atoms with van der Waals surface area (Å²) in [4.78, 5) is 55.9. The van der Waals surface area contributed by atoms with Crippen molar-refractivity contribution >= 4 is 103 Å². The summed E-state index contributed by atoms with van der Waals surface area (Å²) in [5.41, 5.74) is 6.16. The number of nitrogens with two attached hydrogens (primary N) is 1. The van der Waals surface area contributed by atoms with Gasteiger partial charge in [0.05, 0.1) is 29.6 Å². The number of anilines is 2. The van der Waals surface area contributed by atoms with Gasteiger partial charge in [0.1, 0.15) is 29.6 Å². The molecule has 16 nitrogen and oxygen atoms in total. The van der Waals surface area contributed by atoms with Crippen molar-refractivity contribution in [3.05, 3.63) is 53.1 Å². The first kappa shape index (κ1) is 44.3. The number of nitrogens with zero attached hydrogens (tertiary/aromatic N) is 2. The molecule has 1 saturated heterocycles. The lowest BCUT2D eigenvalue weighted by atomic mass is 10.0. The monoisotopic (exact) mass is 860 g/mol. The number of hydrogen-bond donors (Lipinski definition) is 3. The Bertz CT molecular complexity index is 1770. The molecule has 0 aliphatic carbocycles. The number of benzene rings is 2. The van der Waals surface area contributed by atoms with E-state index in [1.54, 1.807) is 37.3 Å². The Balaban J connectivity index is 2.01. The van der Waals surface area contributed by atoms with Crippen molar-refractivity contribution in [3.63, 3.8) is 0 Å². The van der Waals surface area contributed by atoms with Crippen molar-refractivity contribution in [2.75, 3.05) is 36.8 Å². The number of carbonyl (C=O) groups is 4. The summed E-state index contributed by atoms with van der Waals surface area (Å²) in [6, 6.07) is 5.48. The molecule has 0 radical (unpaired) electrons. The minimum Gasteiger partial charge on any atom is -0.755 e. The minimum absolute atomic E-state index is 0.0355. The van der Waals surface area contributed by atoms with E-state index < -0.39 is 91.2 Å². The number of esters is 2. The molecule has 2 unspecified atom stereocenters. The van der Waals surface area contributed by atoms with Crippen molar-refractivity contribution < 1.29 is 50.6 Å². The Morgan fingerprint density at radius 3 is 2.32 bits per heavy atom. The van der Waals surface area contributed by atoms with Gasteiger partial charge in [0.15, 0.2) is 0 Å². The third-order valence-electron chi connectivity index (χ3n) is 7.84. The number of carbonyl (C=O) groups excluding carboxylic acids is 4. The van der Waals surface area contributed by atoms with E-state index in [1.807, 2.05) is 4.72 Å². The number of alkyl halides is 3. The van der Waals surface area contributed by atoms with Crippen LogP contribution < -0.4 is 15.2 Å². The molecule has 0 bridgehead atoms. The molecular formula is C31H38Cl4N5O11S2-. The van der Waals surface area contributed by atoms with Crippen LogP contribution in [0.15, 0.2) is 47.4 Å². The van der Waals surface area contributed by atoms with E-state index in [4.69, 9.17) is 66.3 Å². The lowest BCUT2D eigenvalue weighted by Crippen LogP contribution is -2.58. The quantitative estimate of drug-likeness (QED) is 0.0722. The van der Waals surface area contributed by atoms with Crippen LogP contribution in [0.3, 0.4) is 0 Å². The molecule has 2 amide bonds. The second kappa shape index (κ2) is 19.5. The summed E-state index contributed by atoms with van der Waals surface area (Å²) in [7, 11) is -4.55. The molecule has 1 heterocycles. The van der Waals surface area contributed by atoms with Gasteiger partial charge in [-0.1, -0.05) is 76.7 Å². The summed E-state index contributed by atoms with van der Waals surface area (Å²) in [5.74, 6) is -2.63. The molecule has 0 aromatic heterocycles. The fraction of sp³-hybridized carbons (Fsp3) is 0.484. The Hall–Kier alpha value is -3.10. The van der Waals surface area contributed by atoms with Gasteiger partial charge in [0.2, 0.25) is 19.7 Å². The summed E-state index contributed by atoms with van der Waals surface area (Å²) < 4.78 is 67.5. The van der Waals surface area contributed by atoms with E-state index in [2.05, 4.69) is 4.72 Å². The van der Waals surface area contributed by atoms with Crippen LogP contribution in [-0.4, -0.2) is 105 Å². The zero-order chi connectivity index (χ0) is 39.7. The fourth-order valence-corrected chi connectivity index (χ4v) is 7.87. The van der Waals surface area contributed by atoms with Crippen molar-refractivity contribution in [1.29, 1.82) is 0 Å². The van der Waals surface area contributed by atoms with Crippen LogP contribution in [0, 0.1) is 0 Å². The Kier molecular flexibility index (Phi) is 16.3. The van der Waals surface area contributed by atoms with Gasteiger partial charge in [-0.15, -0.1) is 0 Å². The zero-order valence-corrected chi connectivity index (χ0v) is 33.2. The van der Waals surface area contributed by atoms with Gasteiger partial charge >= 0.3 is 18.0 Å². The summed E-state index contributed by atoms with van der Waals surface area (Å²) in [6.45, 7) is 3.06. The van der Waals surface area contributed by atoms with Crippen LogP contribution in [0.25, 0.3) is 0 Å². The van der Waals surface area contributed by atoms with Crippen LogP contribution in [0.2, 0.25) is 5.02 Å². The summed E-state index contributed by atoms with van der Waals surface area (Å²) in [6.07, 6.45) is -1.28. The van der Waals surface area contributed by atoms with E-state index >= 15 is 0 Å². The van der Waals surface area contributed by atoms with E-state index in [0.29, 0.717) is 0 Å². The molecule has 1 aliphatic heterocycles. The average molecular weight is 863 g/mol. The number of halogens is 4. The highest BCUT2D eigenvalue weighted by molar-refractivity contribution is 7.89. The maximum absolute atomic E-state index is 14.4. The van der Waals surface area contributed by atoms with Crippen LogP contribution in [0.1, 0.15) is 39.2 Å². The van der Waals surface area contributed by atoms with E-state index in [-0.39, 0.29) is 48.9 Å². The Morgan fingerprint density at radius 1 is 1.09 bits per heavy atom. The second-order valence-electron chi connectivity index (χ2n) is 11.6. The van der Waals surface area contributed by atoms with Gasteiger partial charge in [0, 0.05) is 23.9 Å². The van der Waals surface area contributed by atoms with Crippen molar-refractivity contribution in [1.82, 2.24) is 14.5 Å². The highest BCUT2D eigenvalue weighted by atomic mass is 35.6. The fourth-order valence-electron chi connectivity index (χ4n) is 5.55. The lowest BCUT2D eigenvalue weighted by molar-refractivity contribution is -0.157. The molecule has 53 heavy (non-hydrogen) atoms. The van der Waals surface area contributed by atoms with Crippen molar-refractivity contribution in [2.24, 2.45) is 0 Å². The normalized spacial score (nSPS) is 17.7. The van der Waals surface area contributed by atoms with Gasteiger partial charge in [-0.25, -0.2) is 27.5 Å². The molecule has 4 N–H and O–H groups in total. The zero-order valence-electron chi connectivity index (χ0n) is 28.6. The number of sulfonamides is 1. The van der Waals surface area contributed by atoms with Crippen LogP contribution >= 0.6 is 46.4 Å². The SMILES string of the molecule is CCOC(=O)C1C[C@H](NS(=O)(=O)c2cc(NS(=O)[O-])c(N)cc2Cl)CN1C(=O)[C@H](C)N(C(=O)OCC(Cl)(Cl)Cl)[C@@H](CCc1ccccc1)C(=O)OCC. The Labute approximate surface area is 329 Å². The van der Waals surface area contributed by atoms with Gasteiger partial charge in [0.25, 0.3) is 0 Å². The van der Waals surface area contributed by atoms with E-state index in [0.717, 1.165) is 27.5 Å². The van der Waals surface area contributed by atoms with E-state index in [9.17, 15) is 36.4 Å². The molecule has 2 aromatic rings. The van der Waals surface area contributed by atoms with Crippen LogP contribution in [-0.2, 0) is 56.3 Å². The summed E-state index contributed by atoms with van der Waals surface area (Å²) in [5, 5.41) is -0.344. The maximum atomic E-state index is 14.4. The van der Waals surface area contributed by atoms with Crippen molar-refractivity contribution in [3.8, 4) is 0 Å². The lowest BCUT2D eigenvalue weighted by Gasteiger charge is -2.36. The van der Waals surface area contributed by atoms with Gasteiger partial charge < -0.3 is 34.1 Å². The first-order valence-corrected chi connectivity index (χ1v) is 20.0. The number of ether oxygens (including phenoxy) is 3. The summed E-state index contributed by atoms with van der Waals surface area (Å²) >= 11 is 20.8. The highest BCUT2D eigenvalue weighted by Gasteiger charge is 2.47. The number of hydrogen-bond acceptors (Lipinski definition) is 12.